The van der Waals surface area contributed by atoms with Crippen molar-refractivity contribution in [1.29, 1.82) is 0 Å². The Balaban J connectivity index is 1.00. The zero-order valence-corrected chi connectivity index (χ0v) is 35.0. The molecule has 1 nitrogen and oxygen atoms in total. The van der Waals surface area contributed by atoms with Crippen molar-refractivity contribution in [2.45, 2.75) is 0 Å². The smallest absolute Gasteiger partial charge is 0.0353 e. The summed E-state index contributed by atoms with van der Waals surface area (Å²) >= 11 is 0. The first kappa shape index (κ1) is 36.3. The first-order valence-electron chi connectivity index (χ1n) is 22.1. The molecule has 0 aliphatic rings. The molecule has 0 fully saturated rings. The van der Waals surface area contributed by atoms with Crippen LogP contribution in [0.15, 0.2) is 237 Å². The molecule has 0 bridgehead atoms. The van der Waals surface area contributed by atoms with Gasteiger partial charge in [-0.25, -0.2) is 0 Å². The summed E-state index contributed by atoms with van der Waals surface area (Å²) in [7, 11) is 0. The van der Waals surface area contributed by atoms with Crippen LogP contribution < -0.4 is 0 Å². The lowest BCUT2D eigenvalue weighted by molar-refractivity contribution is 1.37. The summed E-state index contributed by atoms with van der Waals surface area (Å²) in [6.45, 7) is 0. The van der Waals surface area contributed by atoms with Crippen LogP contribution in [0.4, 0.5) is 0 Å². The van der Waals surface area contributed by atoms with Gasteiger partial charge in [-0.05, 0) is 156 Å². The van der Waals surface area contributed by atoms with Crippen molar-refractivity contribution >= 4 is 75.4 Å². The Kier molecular flexibility index (Phi) is 8.29. The molecule has 0 saturated carbocycles. The number of hydrogen-bond donors (Lipinski definition) is 0. The van der Waals surface area contributed by atoms with Crippen LogP contribution >= 0.6 is 0 Å². The van der Waals surface area contributed by atoms with Crippen LogP contribution in [0.25, 0.3) is 131 Å². The third kappa shape index (κ3) is 5.82. The van der Waals surface area contributed by atoms with E-state index < -0.39 is 0 Å². The second kappa shape index (κ2) is 14.6. The predicted molar refractivity (Wildman–Crippen MR) is 274 cm³/mol. The van der Waals surface area contributed by atoms with E-state index in [4.69, 9.17) is 4.98 Å². The molecule has 0 amide bonds. The van der Waals surface area contributed by atoms with Gasteiger partial charge in [0.05, 0.1) is 0 Å². The van der Waals surface area contributed by atoms with E-state index in [0.717, 1.165) is 5.39 Å². The fourth-order valence-electron chi connectivity index (χ4n) is 10.5. The maximum absolute atomic E-state index is 4.72. The average molecular weight is 810 g/mol. The van der Waals surface area contributed by atoms with Gasteiger partial charge in [-0.1, -0.05) is 194 Å². The Labute approximate surface area is 371 Å². The molecule has 0 spiro atoms. The van der Waals surface area contributed by atoms with E-state index in [0.29, 0.717) is 0 Å². The molecule has 13 rings (SSSR count). The highest BCUT2D eigenvalue weighted by Gasteiger charge is 2.20. The Morgan fingerprint density at radius 1 is 0.203 bits per heavy atom. The number of rotatable bonds is 5. The molecule has 0 saturated heterocycles. The highest BCUT2D eigenvalue weighted by atomic mass is 14.6. The van der Waals surface area contributed by atoms with Crippen molar-refractivity contribution in [2.75, 3.05) is 0 Å². The summed E-state index contributed by atoms with van der Waals surface area (Å²) in [6, 6.07) is 82.9. The van der Waals surface area contributed by atoms with Crippen LogP contribution in [0, 0.1) is 0 Å². The predicted octanol–water partition coefficient (Wildman–Crippen LogP) is 17.5. The Morgan fingerprint density at radius 2 is 0.547 bits per heavy atom. The van der Waals surface area contributed by atoms with Gasteiger partial charge in [0.1, 0.15) is 0 Å². The maximum Gasteiger partial charge on any atom is 0.0353 e. The van der Waals surface area contributed by atoms with Gasteiger partial charge < -0.3 is 0 Å². The fourth-order valence-corrected chi connectivity index (χ4v) is 10.5. The van der Waals surface area contributed by atoms with E-state index >= 15 is 0 Å². The molecule has 0 radical (unpaired) electrons. The number of fused-ring (bicyclic) bond motifs is 7. The lowest BCUT2D eigenvalue weighted by Crippen LogP contribution is -1.93. The Hall–Kier alpha value is -8.39. The molecular formula is C63H39N. The zero-order valence-electron chi connectivity index (χ0n) is 35.0. The van der Waals surface area contributed by atoms with Gasteiger partial charge in [0, 0.05) is 17.8 Å². The van der Waals surface area contributed by atoms with Crippen LogP contribution in [0.2, 0.25) is 0 Å². The number of aromatic nitrogens is 1. The SMILES string of the molecule is c1ccc2cc(-c3c4ccccc4c(-c4ccc(-c5ccc6c(-c7ccc8ccccc8c7)c7cnccc7c(-c7ccc8ccccc8c7)c6c5)cc4)c4ccccc34)ccc2c1. The second-order valence-electron chi connectivity index (χ2n) is 17.0. The van der Waals surface area contributed by atoms with Crippen molar-refractivity contribution in [3.63, 3.8) is 0 Å². The van der Waals surface area contributed by atoms with E-state index in [1.807, 2.05) is 6.20 Å². The fraction of sp³-hybridized carbons (Fsp3) is 0. The molecule has 64 heavy (non-hydrogen) atoms. The van der Waals surface area contributed by atoms with Crippen LogP contribution in [0.5, 0.6) is 0 Å². The van der Waals surface area contributed by atoms with Crippen molar-refractivity contribution in [3.8, 4) is 55.6 Å². The van der Waals surface area contributed by atoms with Crippen LogP contribution in [0.3, 0.4) is 0 Å². The number of nitrogens with zero attached hydrogens (tertiary/aromatic N) is 1. The van der Waals surface area contributed by atoms with E-state index in [1.54, 1.807) is 0 Å². The largest absolute Gasteiger partial charge is 0.264 e. The molecule has 0 aliphatic heterocycles. The van der Waals surface area contributed by atoms with Crippen molar-refractivity contribution in [1.82, 2.24) is 4.98 Å². The molecule has 0 aliphatic carbocycles. The Bertz CT molecular complexity index is 3950. The van der Waals surface area contributed by atoms with E-state index in [2.05, 4.69) is 231 Å². The molecule has 12 aromatic carbocycles. The standard InChI is InChI=1S/C63H39N/c1-4-14-45-35-49(28-23-40(45)11-1)61-54-19-9-7-17-52(54)60(53-18-8-10-20-55(53)61)44-26-21-43(22-27-44)48-31-32-56-58(38-48)62(50-29-24-41-12-2-5-15-46(41)36-50)57-33-34-64-39-59(57)63(56)51-30-25-42-13-3-6-16-47(42)37-51/h1-39H. The molecule has 296 valence electrons. The lowest BCUT2D eigenvalue weighted by Gasteiger charge is -2.19. The molecule has 13 aromatic rings. The van der Waals surface area contributed by atoms with Crippen LogP contribution in [-0.4, -0.2) is 4.98 Å². The maximum atomic E-state index is 4.72. The number of pyridine rings is 1. The summed E-state index contributed by atoms with van der Waals surface area (Å²) in [4.78, 5) is 4.72. The monoisotopic (exact) mass is 809 g/mol. The summed E-state index contributed by atoms with van der Waals surface area (Å²) < 4.78 is 0. The van der Waals surface area contributed by atoms with Crippen molar-refractivity contribution in [3.05, 3.63) is 237 Å². The Morgan fingerprint density at radius 3 is 1.05 bits per heavy atom. The average Bonchev–Trinajstić information content (AvgIpc) is 3.36. The molecule has 0 atom stereocenters. The van der Waals surface area contributed by atoms with E-state index in [-0.39, 0.29) is 0 Å². The van der Waals surface area contributed by atoms with Gasteiger partial charge in [-0.2, -0.15) is 0 Å². The molecule has 1 heteroatoms. The number of hydrogen-bond acceptors (Lipinski definition) is 1. The third-order valence-electron chi connectivity index (χ3n) is 13.5. The quantitative estimate of drug-likeness (QED) is 0.158. The lowest BCUT2D eigenvalue weighted by atomic mass is 9.84. The second-order valence-corrected chi connectivity index (χ2v) is 17.0. The van der Waals surface area contributed by atoms with E-state index in [1.165, 1.54) is 126 Å². The molecular weight excluding hydrogens is 771 g/mol. The first-order valence-corrected chi connectivity index (χ1v) is 22.1. The highest BCUT2D eigenvalue weighted by molar-refractivity contribution is 6.24. The summed E-state index contributed by atoms with van der Waals surface area (Å²) in [6.07, 6.45) is 3.99. The topological polar surface area (TPSA) is 12.9 Å². The molecule has 1 heterocycles. The van der Waals surface area contributed by atoms with Gasteiger partial charge in [0.2, 0.25) is 0 Å². The molecule has 0 unspecified atom stereocenters. The minimum absolute atomic E-state index is 1.15. The minimum atomic E-state index is 1.15. The summed E-state index contributed by atoms with van der Waals surface area (Å²) in [5.74, 6) is 0. The van der Waals surface area contributed by atoms with Gasteiger partial charge in [-0.15, -0.1) is 0 Å². The normalized spacial score (nSPS) is 11.8. The summed E-state index contributed by atoms with van der Waals surface area (Å²) in [5.41, 5.74) is 12.2. The van der Waals surface area contributed by atoms with Crippen LogP contribution in [0.1, 0.15) is 0 Å². The van der Waals surface area contributed by atoms with Crippen molar-refractivity contribution < 1.29 is 0 Å². The summed E-state index contributed by atoms with van der Waals surface area (Å²) in [5, 5.41) is 17.2. The van der Waals surface area contributed by atoms with E-state index in [9.17, 15) is 0 Å². The van der Waals surface area contributed by atoms with Gasteiger partial charge in [0.25, 0.3) is 0 Å². The third-order valence-corrected chi connectivity index (χ3v) is 13.5. The zero-order chi connectivity index (χ0) is 42.1. The molecule has 0 N–H and O–H groups in total. The highest BCUT2D eigenvalue weighted by Crippen LogP contribution is 2.47. The minimum Gasteiger partial charge on any atom is -0.264 e. The first-order chi connectivity index (χ1) is 31.7. The van der Waals surface area contributed by atoms with Gasteiger partial charge in [0.15, 0.2) is 0 Å². The van der Waals surface area contributed by atoms with Crippen LogP contribution in [-0.2, 0) is 0 Å². The van der Waals surface area contributed by atoms with Crippen molar-refractivity contribution in [2.24, 2.45) is 0 Å². The number of benzene rings is 12. The molecule has 1 aromatic heterocycles. The van der Waals surface area contributed by atoms with Gasteiger partial charge >= 0.3 is 0 Å². The van der Waals surface area contributed by atoms with Gasteiger partial charge in [-0.3, -0.25) is 4.98 Å².